The van der Waals surface area contributed by atoms with Crippen molar-refractivity contribution in [2.45, 2.75) is 0 Å². The first-order valence-corrected chi connectivity index (χ1v) is 12.0. The molecule has 0 aliphatic carbocycles. The summed E-state index contributed by atoms with van der Waals surface area (Å²) in [6, 6.07) is 40.2. The van der Waals surface area contributed by atoms with E-state index in [1.807, 2.05) is 78.9 Å². The molecule has 5 rings (SSSR count). The standard InChI is InChI=1S/C28H21O2P/c29-26-20-27(28(30)25-19-11-10-18-24(25)26)31(21-12-4-1-5-13-21,22-14-6-2-7-15-22)23-16-8-3-9-17-23/h1-20H,(H-,29,30)/p+1. The zero-order valence-corrected chi connectivity index (χ0v) is 17.8. The van der Waals surface area contributed by atoms with Gasteiger partial charge in [0, 0.05) is 16.8 Å². The number of fused-ring (bicyclic) bond motifs is 1. The Labute approximate surface area is 182 Å². The van der Waals surface area contributed by atoms with Gasteiger partial charge in [0.1, 0.15) is 28.9 Å². The second-order valence-corrected chi connectivity index (χ2v) is 10.9. The van der Waals surface area contributed by atoms with Crippen LogP contribution in [0, 0.1) is 0 Å². The van der Waals surface area contributed by atoms with E-state index < -0.39 is 7.26 Å². The fourth-order valence-electron chi connectivity index (χ4n) is 4.40. The van der Waals surface area contributed by atoms with Crippen molar-refractivity contribution in [3.8, 4) is 11.5 Å². The molecular weight excluding hydrogens is 399 g/mol. The lowest BCUT2D eigenvalue weighted by Gasteiger charge is -2.28. The highest BCUT2D eigenvalue weighted by Crippen LogP contribution is 2.57. The molecule has 150 valence electrons. The highest BCUT2D eigenvalue weighted by Gasteiger charge is 2.50. The minimum absolute atomic E-state index is 0.176. The van der Waals surface area contributed by atoms with Gasteiger partial charge in [-0.25, -0.2) is 0 Å². The Bertz CT molecular complexity index is 1240. The molecule has 0 heterocycles. The van der Waals surface area contributed by atoms with Crippen LogP contribution in [0.15, 0.2) is 121 Å². The van der Waals surface area contributed by atoms with Crippen molar-refractivity contribution >= 4 is 39.3 Å². The van der Waals surface area contributed by atoms with Crippen molar-refractivity contribution in [1.82, 2.24) is 0 Å². The van der Waals surface area contributed by atoms with Crippen LogP contribution in [-0.2, 0) is 0 Å². The average molecular weight is 421 g/mol. The summed E-state index contributed by atoms with van der Waals surface area (Å²) in [6.45, 7) is 0. The zero-order chi connectivity index (χ0) is 21.3. The molecule has 0 fully saturated rings. The van der Waals surface area contributed by atoms with Crippen molar-refractivity contribution in [1.29, 1.82) is 0 Å². The van der Waals surface area contributed by atoms with E-state index >= 15 is 0 Å². The number of benzene rings is 5. The van der Waals surface area contributed by atoms with Gasteiger partial charge >= 0.3 is 0 Å². The molecule has 31 heavy (non-hydrogen) atoms. The molecule has 5 aromatic carbocycles. The van der Waals surface area contributed by atoms with E-state index in [2.05, 4.69) is 36.4 Å². The van der Waals surface area contributed by atoms with Crippen molar-refractivity contribution in [2.75, 3.05) is 0 Å². The number of aromatic hydroxyl groups is 2. The van der Waals surface area contributed by atoms with Gasteiger partial charge in [0.2, 0.25) is 0 Å². The maximum absolute atomic E-state index is 11.6. The fourth-order valence-corrected chi connectivity index (χ4v) is 8.74. The van der Waals surface area contributed by atoms with E-state index in [4.69, 9.17) is 0 Å². The number of hydrogen-bond donors (Lipinski definition) is 2. The minimum Gasteiger partial charge on any atom is -0.507 e. The Hall–Kier alpha value is -3.61. The maximum Gasteiger partial charge on any atom is 0.167 e. The van der Waals surface area contributed by atoms with Gasteiger partial charge in [0.25, 0.3) is 0 Å². The number of phenolic OH excluding ortho intramolecular Hbond substituents is 2. The molecule has 0 aromatic heterocycles. The highest BCUT2D eigenvalue weighted by atomic mass is 31.2. The molecule has 0 radical (unpaired) electrons. The van der Waals surface area contributed by atoms with Crippen LogP contribution in [0.2, 0.25) is 0 Å². The summed E-state index contributed by atoms with van der Waals surface area (Å²) in [4.78, 5) is 0. The summed E-state index contributed by atoms with van der Waals surface area (Å²) < 4.78 is 0. The first-order chi connectivity index (χ1) is 15.2. The smallest absolute Gasteiger partial charge is 0.167 e. The van der Waals surface area contributed by atoms with Gasteiger partial charge in [-0.05, 0) is 36.4 Å². The molecule has 3 heteroatoms. The van der Waals surface area contributed by atoms with Gasteiger partial charge in [-0.15, -0.1) is 0 Å². The summed E-state index contributed by atoms with van der Waals surface area (Å²) >= 11 is 0. The van der Waals surface area contributed by atoms with Crippen LogP contribution in [-0.4, -0.2) is 10.2 Å². The first-order valence-electron chi connectivity index (χ1n) is 10.2. The molecule has 2 N–H and O–H groups in total. The lowest BCUT2D eigenvalue weighted by Crippen LogP contribution is -2.38. The van der Waals surface area contributed by atoms with Crippen LogP contribution in [0.4, 0.5) is 0 Å². The zero-order valence-electron chi connectivity index (χ0n) is 16.9. The average Bonchev–Trinajstić information content (AvgIpc) is 2.85. The molecule has 0 saturated heterocycles. The third-order valence-electron chi connectivity index (χ3n) is 5.77. The van der Waals surface area contributed by atoms with Gasteiger partial charge in [0.15, 0.2) is 11.1 Å². The summed E-state index contributed by atoms with van der Waals surface area (Å²) in [6.07, 6.45) is 0. The van der Waals surface area contributed by atoms with Crippen LogP contribution in [0.1, 0.15) is 0 Å². The van der Waals surface area contributed by atoms with Gasteiger partial charge in [-0.1, -0.05) is 78.9 Å². The van der Waals surface area contributed by atoms with Crippen molar-refractivity contribution in [2.24, 2.45) is 0 Å². The number of hydrogen-bond acceptors (Lipinski definition) is 2. The fraction of sp³-hybridized carbons (Fsp3) is 0. The summed E-state index contributed by atoms with van der Waals surface area (Å²) in [5.41, 5.74) is 0. The Morgan fingerprint density at radius 2 is 0.839 bits per heavy atom. The van der Waals surface area contributed by atoms with Crippen molar-refractivity contribution < 1.29 is 10.2 Å². The topological polar surface area (TPSA) is 40.5 Å². The monoisotopic (exact) mass is 421 g/mol. The maximum atomic E-state index is 11.6. The van der Waals surface area contributed by atoms with Crippen LogP contribution >= 0.6 is 7.26 Å². The lowest BCUT2D eigenvalue weighted by atomic mass is 10.1. The summed E-state index contributed by atoms with van der Waals surface area (Å²) in [7, 11) is -2.48. The van der Waals surface area contributed by atoms with Crippen LogP contribution in [0.5, 0.6) is 11.5 Å². The van der Waals surface area contributed by atoms with E-state index in [-0.39, 0.29) is 11.5 Å². The van der Waals surface area contributed by atoms with Gasteiger partial charge < -0.3 is 10.2 Å². The summed E-state index contributed by atoms with van der Waals surface area (Å²) in [5, 5.41) is 28.0. The molecule has 0 aliphatic rings. The van der Waals surface area contributed by atoms with E-state index in [1.165, 1.54) is 0 Å². The van der Waals surface area contributed by atoms with Crippen LogP contribution < -0.4 is 21.2 Å². The van der Waals surface area contributed by atoms with Crippen LogP contribution in [0.25, 0.3) is 10.8 Å². The normalized spacial score (nSPS) is 11.5. The number of rotatable bonds is 4. The Kier molecular flexibility index (Phi) is 4.94. The highest BCUT2D eigenvalue weighted by molar-refractivity contribution is 8.01. The van der Waals surface area contributed by atoms with E-state index in [0.717, 1.165) is 21.2 Å². The van der Waals surface area contributed by atoms with E-state index in [9.17, 15) is 10.2 Å². The molecule has 0 saturated carbocycles. The Balaban J connectivity index is 1.99. The van der Waals surface area contributed by atoms with E-state index in [0.29, 0.717) is 10.8 Å². The lowest BCUT2D eigenvalue weighted by molar-refractivity contribution is 0.473. The third kappa shape index (κ3) is 3.08. The molecule has 0 atom stereocenters. The van der Waals surface area contributed by atoms with Gasteiger partial charge in [0.05, 0.1) is 0 Å². The second-order valence-electron chi connectivity index (χ2n) is 7.49. The molecular formula is C28H22O2P+. The molecule has 5 aromatic rings. The SMILES string of the molecule is Oc1cc([P+](c2ccccc2)(c2ccccc2)c2ccccc2)c(O)c2ccccc12. The Morgan fingerprint density at radius 3 is 1.29 bits per heavy atom. The van der Waals surface area contributed by atoms with Crippen LogP contribution in [0.3, 0.4) is 0 Å². The van der Waals surface area contributed by atoms with Crippen molar-refractivity contribution in [3.63, 3.8) is 0 Å². The molecule has 0 amide bonds. The first kappa shape index (κ1) is 19.4. The van der Waals surface area contributed by atoms with Gasteiger partial charge in [-0.3, -0.25) is 0 Å². The second kappa shape index (κ2) is 7.91. The molecule has 0 aliphatic heterocycles. The Morgan fingerprint density at radius 1 is 0.452 bits per heavy atom. The molecule has 0 unspecified atom stereocenters. The largest absolute Gasteiger partial charge is 0.507 e. The predicted molar refractivity (Wildman–Crippen MR) is 132 cm³/mol. The summed E-state index contributed by atoms with van der Waals surface area (Å²) in [5.74, 6) is 0.397. The molecule has 2 nitrogen and oxygen atoms in total. The van der Waals surface area contributed by atoms with E-state index in [1.54, 1.807) is 6.07 Å². The van der Waals surface area contributed by atoms with Crippen molar-refractivity contribution in [3.05, 3.63) is 121 Å². The predicted octanol–water partition coefficient (Wildman–Crippen LogP) is 4.87. The van der Waals surface area contributed by atoms with Gasteiger partial charge in [-0.2, -0.15) is 0 Å². The molecule has 0 bridgehead atoms. The quantitative estimate of drug-likeness (QED) is 0.321. The number of phenols is 2. The molecule has 0 spiro atoms. The minimum atomic E-state index is -2.48. The third-order valence-corrected chi connectivity index (χ3v) is 10.0.